The van der Waals surface area contributed by atoms with Crippen molar-refractivity contribution in [3.8, 4) is 11.4 Å². The Bertz CT molecular complexity index is 1090. The van der Waals surface area contributed by atoms with Crippen LogP contribution in [0.15, 0.2) is 53.1 Å². The minimum absolute atomic E-state index is 0.00488. The molecule has 1 aromatic heterocycles. The summed E-state index contributed by atoms with van der Waals surface area (Å²) in [5.41, 5.74) is 2.91. The minimum atomic E-state index is -0.190. The zero-order chi connectivity index (χ0) is 22.5. The molecular formula is C24H25ClN4O3. The number of carbonyl (C=O) groups is 2. The van der Waals surface area contributed by atoms with Gasteiger partial charge in [-0.2, -0.15) is 4.98 Å². The molecule has 8 heteroatoms. The summed E-state index contributed by atoms with van der Waals surface area (Å²) in [6.07, 6.45) is 1.71. The van der Waals surface area contributed by atoms with Gasteiger partial charge in [-0.25, -0.2) is 0 Å². The summed E-state index contributed by atoms with van der Waals surface area (Å²) in [6, 6.07) is 15.0. The van der Waals surface area contributed by atoms with E-state index in [2.05, 4.69) is 15.5 Å². The maximum atomic E-state index is 12.5. The molecule has 1 aliphatic rings. The van der Waals surface area contributed by atoms with Gasteiger partial charge in [0.15, 0.2) is 0 Å². The van der Waals surface area contributed by atoms with Crippen LogP contribution in [0.3, 0.4) is 0 Å². The van der Waals surface area contributed by atoms with E-state index in [0.717, 1.165) is 29.5 Å². The van der Waals surface area contributed by atoms with Gasteiger partial charge in [0.25, 0.3) is 0 Å². The van der Waals surface area contributed by atoms with Crippen LogP contribution >= 0.6 is 11.6 Å². The predicted octanol–water partition coefficient (Wildman–Crippen LogP) is 3.76. The normalized spacial score (nSPS) is 14.4. The lowest BCUT2D eigenvalue weighted by atomic mass is 9.96. The van der Waals surface area contributed by atoms with Crippen molar-refractivity contribution >= 4 is 23.4 Å². The summed E-state index contributed by atoms with van der Waals surface area (Å²) >= 11 is 5.86. The number of carbonyl (C=O) groups excluding carboxylic acids is 2. The van der Waals surface area contributed by atoms with Crippen molar-refractivity contribution in [3.63, 3.8) is 0 Å². The second-order valence-corrected chi connectivity index (χ2v) is 8.44. The van der Waals surface area contributed by atoms with Gasteiger partial charge in [0, 0.05) is 29.6 Å². The maximum absolute atomic E-state index is 12.5. The number of amides is 2. The van der Waals surface area contributed by atoms with Crippen LogP contribution in [0, 0.1) is 6.92 Å². The van der Waals surface area contributed by atoms with Gasteiger partial charge in [0.1, 0.15) is 0 Å². The Labute approximate surface area is 191 Å². The van der Waals surface area contributed by atoms with E-state index in [1.165, 1.54) is 0 Å². The lowest BCUT2D eigenvalue weighted by Crippen LogP contribution is -2.44. The Morgan fingerprint density at radius 3 is 2.56 bits per heavy atom. The molecule has 1 N–H and O–H groups in total. The van der Waals surface area contributed by atoms with Crippen molar-refractivity contribution in [1.29, 1.82) is 0 Å². The first-order valence-electron chi connectivity index (χ1n) is 10.7. The first kappa shape index (κ1) is 22.0. The lowest BCUT2D eigenvalue weighted by molar-refractivity contribution is -0.133. The third-order valence-corrected chi connectivity index (χ3v) is 5.99. The first-order valence-corrected chi connectivity index (χ1v) is 11.1. The monoisotopic (exact) mass is 452 g/mol. The molecule has 0 bridgehead atoms. The highest BCUT2D eigenvalue weighted by atomic mass is 35.5. The number of benzene rings is 2. The molecule has 1 fully saturated rings. The highest BCUT2D eigenvalue weighted by molar-refractivity contribution is 6.30. The average Bonchev–Trinajstić information content (AvgIpc) is 3.29. The molecule has 0 saturated carbocycles. The molecule has 0 unspecified atom stereocenters. The zero-order valence-electron chi connectivity index (χ0n) is 17.9. The third-order valence-electron chi connectivity index (χ3n) is 5.74. The number of piperidine rings is 1. The van der Waals surface area contributed by atoms with E-state index >= 15 is 0 Å². The van der Waals surface area contributed by atoms with Crippen molar-refractivity contribution in [2.75, 3.05) is 19.6 Å². The molecule has 0 aliphatic carbocycles. The molecule has 3 aromatic rings. The summed E-state index contributed by atoms with van der Waals surface area (Å²) < 4.78 is 5.52. The van der Waals surface area contributed by atoms with Gasteiger partial charge in [-0.15, -0.1) is 0 Å². The van der Waals surface area contributed by atoms with Gasteiger partial charge in [0.05, 0.1) is 13.0 Å². The number of hydrogen-bond acceptors (Lipinski definition) is 5. The maximum Gasteiger partial charge on any atom is 0.241 e. The second kappa shape index (κ2) is 9.96. The van der Waals surface area contributed by atoms with Crippen LogP contribution in [0.1, 0.15) is 35.8 Å². The van der Waals surface area contributed by atoms with Crippen molar-refractivity contribution in [2.24, 2.45) is 0 Å². The van der Waals surface area contributed by atoms with Gasteiger partial charge in [0.2, 0.25) is 23.5 Å². The van der Waals surface area contributed by atoms with E-state index in [1.807, 2.05) is 31.2 Å². The van der Waals surface area contributed by atoms with E-state index in [9.17, 15) is 9.59 Å². The fourth-order valence-corrected chi connectivity index (χ4v) is 3.97. The van der Waals surface area contributed by atoms with Crippen LogP contribution in [0.5, 0.6) is 0 Å². The highest BCUT2D eigenvalue weighted by Crippen LogP contribution is 2.29. The van der Waals surface area contributed by atoms with Gasteiger partial charge >= 0.3 is 0 Å². The largest absolute Gasteiger partial charge is 0.347 e. The molecule has 1 aliphatic heterocycles. The van der Waals surface area contributed by atoms with E-state index in [-0.39, 0.29) is 30.7 Å². The predicted molar refractivity (Wildman–Crippen MR) is 121 cm³/mol. The molecular weight excluding hydrogens is 428 g/mol. The molecule has 0 spiro atoms. The van der Waals surface area contributed by atoms with Crippen LogP contribution in [0.2, 0.25) is 5.02 Å². The smallest absolute Gasteiger partial charge is 0.241 e. The number of aromatic nitrogens is 2. The summed E-state index contributed by atoms with van der Waals surface area (Å²) in [5.74, 6) is 1.07. The summed E-state index contributed by atoms with van der Waals surface area (Å²) in [4.78, 5) is 31.0. The molecule has 4 rings (SSSR count). The summed E-state index contributed by atoms with van der Waals surface area (Å²) in [6.45, 7) is 3.20. The lowest BCUT2D eigenvalue weighted by Gasteiger charge is -2.30. The fourth-order valence-electron chi connectivity index (χ4n) is 3.85. The number of nitrogens with zero attached hydrogens (tertiary/aromatic N) is 3. The molecule has 7 nitrogen and oxygen atoms in total. The van der Waals surface area contributed by atoms with Gasteiger partial charge in [-0.05, 0) is 43.0 Å². The van der Waals surface area contributed by atoms with E-state index < -0.39 is 0 Å². The SMILES string of the molecule is Cc1ccccc1-c1noc(C2CCN(C(=O)CNC(=O)Cc3ccc(Cl)cc3)CC2)n1. The number of aryl methyl sites for hydroxylation is 1. The van der Waals surface area contributed by atoms with Crippen molar-refractivity contribution in [3.05, 3.63) is 70.6 Å². The van der Waals surface area contributed by atoms with E-state index in [4.69, 9.17) is 16.1 Å². The zero-order valence-corrected chi connectivity index (χ0v) is 18.6. The molecule has 32 heavy (non-hydrogen) atoms. The van der Waals surface area contributed by atoms with Crippen LogP contribution in [-0.2, 0) is 16.0 Å². The molecule has 1 saturated heterocycles. The van der Waals surface area contributed by atoms with Crippen molar-refractivity contribution in [2.45, 2.75) is 32.1 Å². The third kappa shape index (κ3) is 5.34. The van der Waals surface area contributed by atoms with Crippen LogP contribution in [0.25, 0.3) is 11.4 Å². The first-order chi connectivity index (χ1) is 15.5. The quantitative estimate of drug-likeness (QED) is 0.615. The van der Waals surface area contributed by atoms with Crippen LogP contribution < -0.4 is 5.32 Å². The molecule has 166 valence electrons. The number of rotatable bonds is 6. The Balaban J connectivity index is 1.25. The highest BCUT2D eigenvalue weighted by Gasteiger charge is 2.28. The van der Waals surface area contributed by atoms with Gasteiger partial charge in [-0.3, -0.25) is 9.59 Å². The number of hydrogen-bond donors (Lipinski definition) is 1. The molecule has 2 aromatic carbocycles. The molecule has 0 atom stereocenters. The summed E-state index contributed by atoms with van der Waals surface area (Å²) in [7, 11) is 0. The standard InChI is InChI=1S/C24H25ClN4O3/c1-16-4-2-3-5-20(16)23-27-24(32-28-23)18-10-12-29(13-11-18)22(31)15-26-21(30)14-17-6-8-19(25)9-7-17/h2-9,18H,10-15H2,1H3,(H,26,30). The molecule has 0 radical (unpaired) electrons. The van der Waals surface area contributed by atoms with Crippen molar-refractivity contribution in [1.82, 2.24) is 20.4 Å². The topological polar surface area (TPSA) is 88.3 Å². The number of nitrogens with one attached hydrogen (secondary N) is 1. The Kier molecular flexibility index (Phi) is 6.85. The Morgan fingerprint density at radius 2 is 1.84 bits per heavy atom. The summed E-state index contributed by atoms with van der Waals surface area (Å²) in [5, 5.41) is 7.48. The number of likely N-dealkylation sites (tertiary alicyclic amines) is 1. The molecule has 2 amide bonds. The van der Waals surface area contributed by atoms with Crippen molar-refractivity contribution < 1.29 is 14.1 Å². The van der Waals surface area contributed by atoms with E-state index in [0.29, 0.717) is 29.8 Å². The Morgan fingerprint density at radius 1 is 1.12 bits per heavy atom. The average molecular weight is 453 g/mol. The van der Waals surface area contributed by atoms with E-state index in [1.54, 1.807) is 29.2 Å². The van der Waals surface area contributed by atoms with Gasteiger partial charge in [-0.1, -0.05) is 53.2 Å². The minimum Gasteiger partial charge on any atom is -0.347 e. The van der Waals surface area contributed by atoms with Crippen LogP contribution in [0.4, 0.5) is 0 Å². The van der Waals surface area contributed by atoms with Crippen LogP contribution in [-0.4, -0.2) is 46.5 Å². The Hall–Kier alpha value is -3.19. The second-order valence-electron chi connectivity index (χ2n) is 8.01. The number of halogens is 1. The van der Waals surface area contributed by atoms with Gasteiger partial charge < -0.3 is 14.7 Å². The molecule has 2 heterocycles. The fraction of sp³-hybridized carbons (Fsp3) is 0.333.